The van der Waals surface area contributed by atoms with Gasteiger partial charge in [0.15, 0.2) is 17.5 Å². The molecule has 0 unspecified atom stereocenters. The fraction of sp³-hybridized carbons (Fsp3) is 0. The zero-order chi connectivity index (χ0) is 87.6. The van der Waals surface area contributed by atoms with E-state index in [-0.39, 0.29) is 0 Å². The van der Waals surface area contributed by atoms with Gasteiger partial charge in [-0.15, -0.1) is 0 Å². The molecule has 0 aliphatic rings. The second kappa shape index (κ2) is 124. The number of hydrogen-bond acceptors (Lipinski definition) is 3. The second-order valence-electron chi connectivity index (χ2n) is 10.5. The quantitative estimate of drug-likeness (QED) is 0.350. The fourth-order valence-electron chi connectivity index (χ4n) is 2.67. The molecule has 718 valence electrons. The summed E-state index contributed by atoms with van der Waals surface area (Å²) in [4.78, 5) is 0. The van der Waals surface area contributed by atoms with E-state index >= 15 is 0 Å². The van der Waals surface area contributed by atoms with Gasteiger partial charge < -0.3 is 5.11 Å². The highest BCUT2D eigenvalue weighted by molar-refractivity contribution is 8.88. The molecule has 0 atom stereocenters. The molecule has 2 aromatic rings. The maximum absolute atomic E-state index is 13.4. The number of benzene rings is 2. The van der Waals surface area contributed by atoms with E-state index in [2.05, 4.69) is 0 Å². The number of phenols is 1. The summed E-state index contributed by atoms with van der Waals surface area (Å²) in [7, 11) is 185. The Hall–Kier alpha value is 20.8. The lowest BCUT2D eigenvalue weighted by atomic mass is 10.0. The van der Waals surface area contributed by atoms with Gasteiger partial charge in [-0.1, -0.05) is 0 Å². The maximum atomic E-state index is 13.4. The summed E-state index contributed by atoms with van der Waals surface area (Å²) in [6.07, 6.45) is 0. The normalized spacial score (nSPS) is 8.30. The molecule has 0 aromatic heterocycles. The Bertz CT molecular complexity index is 9020. The Kier molecular flexibility index (Phi) is 143. The molecule has 1 nitrogen and oxygen atoms in total. The molecule has 0 fully saturated rings. The van der Waals surface area contributed by atoms with E-state index in [9.17, 15) is 22.0 Å². The first-order chi connectivity index (χ1) is 60.3. The summed E-state index contributed by atoms with van der Waals surface area (Å²) >= 11 is 9.66. The molecule has 122 heavy (non-hydrogen) atoms. The molecule has 0 amide bonds. The highest BCUT2D eigenvalue weighted by atomic mass is 33.6. The van der Waals surface area contributed by atoms with Crippen LogP contribution >= 0.6 is 0 Å². The molecule has 0 spiro atoms. The number of phenolic OH excluding ortho intramolecular Hbond substituents is 1. The first-order valence-electron chi connectivity index (χ1n) is 21.9. The molecule has 0 bridgehead atoms. The van der Waals surface area contributed by atoms with Crippen molar-refractivity contribution in [3.05, 3.63) is 53.4 Å². The molecule has 0 saturated carbocycles. The highest BCUT2D eigenvalue weighted by Crippen LogP contribution is 2.31. The van der Waals surface area contributed by atoms with Crippen LogP contribution in [0.5, 0.6) is 5.75 Å². The Morgan fingerprint density at radius 1 is 0.139 bits per heavy atom. The number of halogens is 5. The van der Waals surface area contributed by atoms with Crippen LogP contribution in [0.3, 0.4) is 0 Å². The molecular weight excluding hydrogens is 3590 g/mol. The van der Waals surface area contributed by atoms with Gasteiger partial charge >= 0.3 is 0 Å². The van der Waals surface area contributed by atoms with E-state index in [1.807, 2.05) is 781 Å². The third-order valence-electron chi connectivity index (χ3n) is 5.10. The fourth-order valence-corrected chi connectivity index (χ4v) is 277. The van der Waals surface area contributed by atoms with E-state index in [0.717, 1.165) is 0 Å². The van der Waals surface area contributed by atoms with Gasteiger partial charge in [0.05, 0.1) is 5.56 Å². The minimum absolute atomic E-state index is 0.469. The zero-order valence-corrected chi connectivity index (χ0v) is 136. The minimum atomic E-state index is -1.72. The Morgan fingerprint density at radius 2 is 0.230 bits per heavy atom. The van der Waals surface area contributed by atoms with Gasteiger partial charge in [-0.2, -0.15) is 0 Å². The lowest BCUT2D eigenvalue weighted by Gasteiger charge is -2.07. The second-order valence-corrected chi connectivity index (χ2v) is 191. The summed E-state index contributed by atoms with van der Waals surface area (Å²) in [6.45, 7) is 0. The van der Waals surface area contributed by atoms with Crippen LogP contribution in [-0.2, 0) is 928 Å². The van der Waals surface area contributed by atoms with Gasteiger partial charge in [0, 0.05) is 940 Å². The number of aromatic hydroxyl groups is 1. The third kappa shape index (κ3) is 110. The largest absolute Gasteiger partial charge is 0.508 e. The van der Waals surface area contributed by atoms with Crippen LogP contribution in [0.15, 0.2) is 24.3 Å². The molecule has 1 N–H and O–H groups in total. The predicted octanol–water partition coefficient (Wildman–Crippen LogP) is 3.51. The van der Waals surface area contributed by atoms with Crippen molar-refractivity contribution in [1.82, 2.24) is 0 Å². The lowest BCUT2D eigenvalue weighted by Crippen LogP contribution is -1.95. The van der Waals surface area contributed by atoms with E-state index in [1.165, 1.54) is 17.8 Å². The summed E-state index contributed by atoms with van der Waals surface area (Å²) in [5, 5.41) is 8.93. The summed E-state index contributed by atoms with van der Waals surface area (Å²) < 4.78 is 65.5. The van der Waals surface area contributed by atoms with Crippen molar-refractivity contribution in [2.45, 2.75) is 0 Å². The smallest absolute Gasteiger partial charge is 0.194 e. The molecule has 110 heteroatoms. The van der Waals surface area contributed by atoms with Crippen molar-refractivity contribution in [1.29, 1.82) is 0 Å². The monoisotopic (exact) mass is 3590 g/mol. The Morgan fingerprint density at radius 3 is 0.320 bits per heavy atom. The van der Waals surface area contributed by atoms with Crippen molar-refractivity contribution in [3.63, 3.8) is 0 Å². The van der Waals surface area contributed by atoms with Crippen molar-refractivity contribution >= 4 is 928 Å². The van der Waals surface area contributed by atoms with Crippen LogP contribution in [0.25, 0.3) is 11.1 Å². The van der Waals surface area contributed by atoms with Gasteiger partial charge in [0.2, 0.25) is 0 Å². The van der Waals surface area contributed by atoms with Gasteiger partial charge in [-0.3, -0.25) is 0 Å². The summed E-state index contributed by atoms with van der Waals surface area (Å²) in [5.41, 5.74) is -1.24. The first-order valence-corrected chi connectivity index (χ1v) is 159. The average Bonchev–Trinajstić information content (AvgIpc) is 0.799. The molecule has 0 radical (unpaired) electrons. The van der Waals surface area contributed by atoms with Crippen molar-refractivity contribution in [2.24, 2.45) is 0 Å². The minimum Gasteiger partial charge on any atom is -0.508 e. The van der Waals surface area contributed by atoms with E-state index < -0.39 is 46.0 Å². The molecule has 0 aliphatic carbocycles. The van der Waals surface area contributed by atoms with Gasteiger partial charge in [-0.25, -0.2) is 22.0 Å². The van der Waals surface area contributed by atoms with Crippen LogP contribution in [0.1, 0.15) is 0 Å². The molecule has 0 heterocycles. The van der Waals surface area contributed by atoms with E-state index in [0.29, 0.717) is 24.3 Å². The topological polar surface area (TPSA) is 20.2 Å². The maximum Gasteiger partial charge on any atom is 0.194 e. The molecule has 2 aromatic carbocycles. The Labute approximate surface area is 995 Å². The predicted molar refractivity (Wildman–Crippen MR) is 819 cm³/mol. The van der Waals surface area contributed by atoms with E-state index in [1.54, 1.807) is 107 Å². The summed E-state index contributed by atoms with van der Waals surface area (Å²) in [5.74, 6) is -7.93. The van der Waals surface area contributed by atoms with Crippen LogP contribution in [-0.4, -0.2) is 5.11 Å². The SMILES string of the molecule is Oc1cc(F)c(-c2cc(F)c(F)c(F)c2)c(F)c1.S=S=S=S=S=S=S=S=S=S=S=S=S=S=S=S=S=S=S=S=S=S=S=S=S=S=S=S=S=S=S=S=S=S=S=S=S=S=S=S=S=S=S=S=S=S=S=S=S=S=S=S=S=S=S=S=S=S=S=S=S=S=S=S=S=S=S=S=S=S=S=S=S=S=S=S=S=S=S=S=S=S=S=S=S=S=S=S=S=S=S=S=S=S=S=S=S=S=S=S=S=S=S=S. The van der Waals surface area contributed by atoms with Crippen LogP contribution < -0.4 is 0 Å². The average molecular weight is 3600 g/mol. The van der Waals surface area contributed by atoms with E-state index in [4.69, 9.17) is 27.5 Å². The van der Waals surface area contributed by atoms with Crippen LogP contribution in [0.4, 0.5) is 22.0 Å². The number of rotatable bonds is 1. The highest BCUT2D eigenvalue weighted by Gasteiger charge is 2.18. The summed E-state index contributed by atoms with van der Waals surface area (Å²) in [6, 6.07) is 2.10. The number of hydrogen-bond donors (Lipinski definition) is 1. The Balaban J connectivity index is 0.00000360. The molecule has 0 aliphatic heterocycles. The van der Waals surface area contributed by atoms with Crippen molar-refractivity contribution < 1.29 is 27.1 Å². The van der Waals surface area contributed by atoms with Gasteiger partial charge in [-0.05, 0) is 17.7 Å². The first kappa shape index (κ1) is 141. The molecular formula is C12H5F5OS104. The van der Waals surface area contributed by atoms with Crippen molar-refractivity contribution in [2.75, 3.05) is 0 Å². The van der Waals surface area contributed by atoms with Gasteiger partial charge in [0.25, 0.3) is 0 Å². The lowest BCUT2D eigenvalue weighted by molar-refractivity contribution is 0.447. The zero-order valence-electron chi connectivity index (χ0n) is 51.1. The molecule has 2 rings (SSSR count). The third-order valence-corrected chi connectivity index (χ3v) is 230. The molecule has 0 saturated heterocycles. The van der Waals surface area contributed by atoms with Crippen LogP contribution in [0, 0.1) is 29.1 Å². The standard InChI is InChI=1S/C12H5F5O.S104/c13-7-3-6(18)4-8(14)11(7)5-1-9(15)12(17)10(16)2-5;1-3-5-7-9-11-13-15-17-19-21-23-25-27-29-31-33-35-37-39-41-43-45-47-49-51-53-55-57-59-61-63-65-67-69-71-73-75-77-79-81-83-85-87-89-91-93-95-97-99-101-103-104-102-100-98-96-94-92-90-88-86-84-82-80-78-76-74-72-70-68-66-64-62-60-58-56-54-52-50-48-46-44-42-40-38-36-34-32-30-28-26-24-22-20-18-16-14-12-10-8-6-4-2/h1-4,18H;. The van der Waals surface area contributed by atoms with Crippen LogP contribution in [0.2, 0.25) is 0 Å². The van der Waals surface area contributed by atoms with Gasteiger partial charge in [0.1, 0.15) is 17.4 Å². The van der Waals surface area contributed by atoms with Crippen molar-refractivity contribution in [3.8, 4) is 16.9 Å².